The van der Waals surface area contributed by atoms with Gasteiger partial charge in [0, 0.05) is 11.5 Å². The van der Waals surface area contributed by atoms with Crippen LogP contribution in [0.1, 0.15) is 20.8 Å². The highest BCUT2D eigenvalue weighted by atomic mass is 28.4. The molecule has 0 aromatic rings. The first-order valence-corrected chi connectivity index (χ1v) is 12.8. The zero-order valence-electron chi connectivity index (χ0n) is 18.3. The molecule has 28 heavy (non-hydrogen) atoms. The molecule has 0 saturated carbocycles. The lowest BCUT2D eigenvalue weighted by molar-refractivity contribution is -0.0125. The van der Waals surface area contributed by atoms with Gasteiger partial charge in [0.1, 0.15) is 0 Å². The maximum Gasteiger partial charge on any atom is 0.192 e. The summed E-state index contributed by atoms with van der Waals surface area (Å²) < 4.78 is 33.0. The van der Waals surface area contributed by atoms with Gasteiger partial charge in [-0.05, 0) is 23.7 Å². The Balaban J connectivity index is 3.21. The van der Waals surface area contributed by atoms with Crippen molar-refractivity contribution in [1.82, 2.24) is 0 Å². The van der Waals surface area contributed by atoms with Gasteiger partial charge in [-0.1, -0.05) is 25.9 Å². The monoisotopic (exact) mass is 421 g/mol. The number of ether oxygens (including phenoxy) is 5. The molecule has 0 aromatic heterocycles. The summed E-state index contributed by atoms with van der Waals surface area (Å²) in [4.78, 5) is 2.64. The van der Waals surface area contributed by atoms with E-state index in [0.29, 0.717) is 79.2 Å². The van der Waals surface area contributed by atoms with Crippen molar-refractivity contribution >= 4 is 8.32 Å². The largest absolute Gasteiger partial charge is 0.414 e. The van der Waals surface area contributed by atoms with Gasteiger partial charge in [-0.3, -0.25) is 0 Å². The van der Waals surface area contributed by atoms with E-state index in [1.54, 1.807) is 0 Å². The third kappa shape index (κ3) is 16.3. The molecule has 9 nitrogen and oxygen atoms in total. The van der Waals surface area contributed by atoms with Crippen LogP contribution in [0.25, 0.3) is 10.4 Å². The van der Waals surface area contributed by atoms with E-state index in [1.165, 1.54) is 0 Å². The first kappa shape index (κ1) is 27.3. The van der Waals surface area contributed by atoms with E-state index in [-0.39, 0.29) is 5.04 Å². The maximum atomic E-state index is 8.09. The summed E-state index contributed by atoms with van der Waals surface area (Å²) >= 11 is 0. The fourth-order valence-electron chi connectivity index (χ4n) is 1.70. The van der Waals surface area contributed by atoms with Crippen molar-refractivity contribution in [3.63, 3.8) is 0 Å². The van der Waals surface area contributed by atoms with Crippen LogP contribution >= 0.6 is 0 Å². The molecule has 0 aromatic carbocycles. The molecule has 0 rings (SSSR count). The Morgan fingerprint density at radius 2 is 1.04 bits per heavy atom. The number of azide groups is 1. The Labute approximate surface area is 170 Å². The third-order valence-electron chi connectivity index (χ3n) is 4.38. The Bertz CT molecular complexity index is 415. The smallest absolute Gasteiger partial charge is 0.192 e. The summed E-state index contributed by atoms with van der Waals surface area (Å²) in [6, 6.07) is 0. The van der Waals surface area contributed by atoms with Crippen LogP contribution in [-0.4, -0.2) is 87.5 Å². The van der Waals surface area contributed by atoms with Gasteiger partial charge in [-0.15, -0.1) is 0 Å². The molecule has 0 radical (unpaired) electrons. The molecule has 0 spiro atoms. The summed E-state index contributed by atoms with van der Waals surface area (Å²) in [6.45, 7) is 17.3. The second-order valence-corrected chi connectivity index (χ2v) is 12.4. The normalized spacial score (nSPS) is 12.2. The molecule has 0 saturated heterocycles. The van der Waals surface area contributed by atoms with Gasteiger partial charge in [0.05, 0.1) is 72.7 Å². The van der Waals surface area contributed by atoms with E-state index in [1.807, 2.05) is 0 Å². The molecule has 0 amide bonds. The molecule has 10 heteroatoms. The van der Waals surface area contributed by atoms with Crippen molar-refractivity contribution in [1.29, 1.82) is 0 Å². The van der Waals surface area contributed by atoms with Crippen LogP contribution in [0.4, 0.5) is 0 Å². The quantitative estimate of drug-likeness (QED) is 0.104. The lowest BCUT2D eigenvalue weighted by Crippen LogP contribution is -2.41. The molecule has 0 bridgehead atoms. The van der Waals surface area contributed by atoms with Crippen LogP contribution in [0, 0.1) is 0 Å². The minimum Gasteiger partial charge on any atom is -0.414 e. The highest BCUT2D eigenvalue weighted by Gasteiger charge is 2.36. The highest BCUT2D eigenvalue weighted by Crippen LogP contribution is 2.36. The zero-order valence-corrected chi connectivity index (χ0v) is 19.3. The van der Waals surface area contributed by atoms with Gasteiger partial charge in [0.15, 0.2) is 8.32 Å². The summed E-state index contributed by atoms with van der Waals surface area (Å²) in [5, 5.41) is 3.59. The third-order valence-corrected chi connectivity index (χ3v) is 8.92. The van der Waals surface area contributed by atoms with Crippen molar-refractivity contribution in [3.05, 3.63) is 10.4 Å². The van der Waals surface area contributed by atoms with Crippen molar-refractivity contribution < 1.29 is 28.1 Å². The van der Waals surface area contributed by atoms with Crippen molar-refractivity contribution in [2.75, 3.05) is 79.2 Å². The van der Waals surface area contributed by atoms with Crippen molar-refractivity contribution in [3.8, 4) is 0 Å². The molecule has 0 aliphatic heterocycles. The van der Waals surface area contributed by atoms with Gasteiger partial charge in [0.2, 0.25) is 0 Å². The van der Waals surface area contributed by atoms with Crippen LogP contribution in [-0.2, 0) is 28.1 Å². The molecule has 0 aliphatic rings. The van der Waals surface area contributed by atoms with Crippen LogP contribution in [0.15, 0.2) is 5.11 Å². The van der Waals surface area contributed by atoms with Crippen LogP contribution < -0.4 is 0 Å². The van der Waals surface area contributed by atoms with E-state index in [2.05, 4.69) is 43.9 Å². The fraction of sp³-hybridized carbons (Fsp3) is 1.00. The predicted molar refractivity (Wildman–Crippen MR) is 111 cm³/mol. The summed E-state index contributed by atoms with van der Waals surface area (Å²) in [5.74, 6) is 0. The van der Waals surface area contributed by atoms with Crippen LogP contribution in [0.3, 0.4) is 0 Å². The Morgan fingerprint density at radius 1 is 0.679 bits per heavy atom. The number of nitrogens with zero attached hydrogens (tertiary/aromatic N) is 3. The van der Waals surface area contributed by atoms with Gasteiger partial charge in [-0.2, -0.15) is 0 Å². The topological polar surface area (TPSA) is 104 Å². The van der Waals surface area contributed by atoms with Gasteiger partial charge < -0.3 is 28.1 Å². The lowest BCUT2D eigenvalue weighted by atomic mass is 10.2. The fourth-order valence-corrected chi connectivity index (χ4v) is 2.73. The number of hydrogen-bond acceptors (Lipinski definition) is 7. The van der Waals surface area contributed by atoms with Crippen LogP contribution in [0.5, 0.6) is 0 Å². The molecule has 0 N–H and O–H groups in total. The number of rotatable bonds is 19. The second-order valence-electron chi connectivity index (χ2n) is 7.63. The number of hydrogen-bond donors (Lipinski definition) is 0. The summed E-state index contributed by atoms with van der Waals surface area (Å²) in [7, 11) is -1.68. The standard InChI is InChI=1S/C18H39N3O6Si/c1-18(2,3)28(4,5)27-17-16-26-15-14-25-13-12-24-11-10-23-9-8-22-7-6-20-21-19/h6-17H2,1-5H3. The first-order chi connectivity index (χ1) is 13.3. The maximum absolute atomic E-state index is 8.09. The average Bonchev–Trinajstić information content (AvgIpc) is 2.62. The zero-order chi connectivity index (χ0) is 21.1. The van der Waals surface area contributed by atoms with Gasteiger partial charge in [-0.25, -0.2) is 0 Å². The van der Waals surface area contributed by atoms with E-state index in [0.717, 1.165) is 0 Å². The lowest BCUT2D eigenvalue weighted by Gasteiger charge is -2.36. The molecule has 166 valence electrons. The molecule has 0 atom stereocenters. The van der Waals surface area contributed by atoms with E-state index in [9.17, 15) is 0 Å². The highest BCUT2D eigenvalue weighted by molar-refractivity contribution is 6.74. The molecule has 0 heterocycles. The van der Waals surface area contributed by atoms with Gasteiger partial charge in [0.25, 0.3) is 0 Å². The Hall–Kier alpha value is -0.713. The van der Waals surface area contributed by atoms with E-state index < -0.39 is 8.32 Å². The van der Waals surface area contributed by atoms with E-state index in [4.69, 9.17) is 33.6 Å². The van der Waals surface area contributed by atoms with Crippen LogP contribution in [0.2, 0.25) is 18.1 Å². The van der Waals surface area contributed by atoms with Crippen molar-refractivity contribution in [2.24, 2.45) is 5.11 Å². The average molecular weight is 422 g/mol. The predicted octanol–water partition coefficient (Wildman–Crippen LogP) is 3.40. The molecule has 0 unspecified atom stereocenters. The SMILES string of the molecule is CC(C)(C)[Si](C)(C)OCCOCCOCCOCCOCCOCCN=[N+]=[N-]. The van der Waals surface area contributed by atoms with Gasteiger partial charge >= 0.3 is 0 Å². The first-order valence-electron chi connectivity index (χ1n) is 9.85. The molecule has 0 aliphatic carbocycles. The Morgan fingerprint density at radius 3 is 1.39 bits per heavy atom. The summed E-state index contributed by atoms with van der Waals surface area (Å²) in [6.07, 6.45) is 0. The molecule has 0 fully saturated rings. The Kier molecular flexibility index (Phi) is 16.7. The minimum atomic E-state index is -1.68. The minimum absolute atomic E-state index is 0.225. The molecular weight excluding hydrogens is 382 g/mol. The second kappa shape index (κ2) is 17.2. The van der Waals surface area contributed by atoms with Crippen molar-refractivity contribution in [2.45, 2.75) is 38.9 Å². The molecular formula is C18H39N3O6Si. The van der Waals surface area contributed by atoms with E-state index >= 15 is 0 Å². The summed E-state index contributed by atoms with van der Waals surface area (Å²) in [5.41, 5.74) is 8.09.